The lowest BCUT2D eigenvalue weighted by atomic mass is 9.86. The lowest BCUT2D eigenvalue weighted by Gasteiger charge is -2.20. The molecule has 2 bridgehead atoms. The Balaban J connectivity index is 1.57. The summed E-state index contributed by atoms with van der Waals surface area (Å²) in [4.78, 5) is 12.1. The van der Waals surface area contributed by atoms with Crippen molar-refractivity contribution in [2.45, 2.75) is 32.1 Å². The molecule has 2 N–H and O–H groups in total. The minimum Gasteiger partial charge on any atom is -0.504 e. The number of anilines is 1. The van der Waals surface area contributed by atoms with E-state index in [0.717, 1.165) is 11.8 Å². The molecule has 2 fully saturated rings. The van der Waals surface area contributed by atoms with Gasteiger partial charge in [0.1, 0.15) is 0 Å². The summed E-state index contributed by atoms with van der Waals surface area (Å²) in [5.74, 6) is 2.69. The predicted molar refractivity (Wildman–Crippen MR) is 76.8 cm³/mol. The normalized spacial score (nSPS) is 27.6. The lowest BCUT2D eigenvalue weighted by Crippen LogP contribution is -2.20. The number of carbonyl (C=O) groups excluding carboxylic acids is 1. The molecule has 2 aliphatic carbocycles. The van der Waals surface area contributed by atoms with Gasteiger partial charge in [-0.3, -0.25) is 4.79 Å². The van der Waals surface area contributed by atoms with Gasteiger partial charge < -0.3 is 15.2 Å². The molecule has 2 saturated carbocycles. The minimum absolute atomic E-state index is 0.0465. The van der Waals surface area contributed by atoms with E-state index in [4.69, 9.17) is 4.74 Å². The molecule has 4 heteroatoms. The van der Waals surface area contributed by atoms with E-state index in [0.29, 0.717) is 23.8 Å². The molecule has 4 nitrogen and oxygen atoms in total. The maximum Gasteiger partial charge on any atom is 0.224 e. The summed E-state index contributed by atoms with van der Waals surface area (Å²) in [5, 5.41) is 12.6. The van der Waals surface area contributed by atoms with E-state index in [1.54, 1.807) is 12.1 Å². The second-order valence-corrected chi connectivity index (χ2v) is 6.07. The molecule has 3 rings (SSSR count). The molecule has 0 unspecified atom stereocenters. The van der Waals surface area contributed by atoms with Crippen LogP contribution in [0.2, 0.25) is 0 Å². The van der Waals surface area contributed by atoms with E-state index in [1.807, 2.05) is 0 Å². The number of hydrogen-bond donors (Lipinski definition) is 2. The molecule has 0 spiro atoms. The zero-order valence-electron chi connectivity index (χ0n) is 11.8. The Kier molecular flexibility index (Phi) is 3.55. The van der Waals surface area contributed by atoms with E-state index in [-0.39, 0.29) is 11.7 Å². The number of rotatable bonds is 4. The van der Waals surface area contributed by atoms with Gasteiger partial charge in [-0.2, -0.15) is 0 Å². The van der Waals surface area contributed by atoms with Crippen LogP contribution in [0.1, 0.15) is 32.1 Å². The van der Waals surface area contributed by atoms with Crippen molar-refractivity contribution >= 4 is 11.6 Å². The fourth-order valence-corrected chi connectivity index (χ4v) is 3.84. The smallest absolute Gasteiger partial charge is 0.224 e. The summed E-state index contributed by atoms with van der Waals surface area (Å²) in [6.45, 7) is 0. The van der Waals surface area contributed by atoms with Crippen molar-refractivity contribution in [3.63, 3.8) is 0 Å². The highest BCUT2D eigenvalue weighted by atomic mass is 16.5. The maximum absolute atomic E-state index is 12.1. The van der Waals surface area contributed by atoms with Crippen LogP contribution < -0.4 is 10.1 Å². The molecule has 20 heavy (non-hydrogen) atoms. The number of amides is 1. The molecule has 0 radical (unpaired) electrons. The van der Waals surface area contributed by atoms with Crippen molar-refractivity contribution in [1.82, 2.24) is 0 Å². The number of nitrogens with one attached hydrogen (secondary N) is 1. The van der Waals surface area contributed by atoms with Crippen molar-refractivity contribution in [3.8, 4) is 11.5 Å². The van der Waals surface area contributed by atoms with E-state index in [9.17, 15) is 9.90 Å². The second kappa shape index (κ2) is 5.35. The predicted octanol–water partition coefficient (Wildman–Crippen LogP) is 3.17. The molecular weight excluding hydrogens is 254 g/mol. The van der Waals surface area contributed by atoms with Crippen molar-refractivity contribution in [2.75, 3.05) is 12.4 Å². The summed E-state index contributed by atoms with van der Waals surface area (Å²) < 4.78 is 4.98. The van der Waals surface area contributed by atoms with Crippen LogP contribution in [0.4, 0.5) is 5.69 Å². The van der Waals surface area contributed by atoms with E-state index in [1.165, 1.54) is 38.9 Å². The molecule has 0 heterocycles. The number of ether oxygens (including phenoxy) is 1. The standard InChI is InChI=1S/C16H21NO3/c1-20-15-5-4-13(9-14(15)18)17-16(19)8-12-7-10-2-3-11(12)6-10/h4-5,9-12,18H,2-3,6-8H2,1H3,(H,17,19)/t10-,11+,12-/m0/s1. The van der Waals surface area contributed by atoms with E-state index in [2.05, 4.69) is 5.32 Å². The molecule has 1 amide bonds. The van der Waals surface area contributed by atoms with Crippen molar-refractivity contribution in [2.24, 2.45) is 17.8 Å². The quantitative estimate of drug-likeness (QED) is 0.887. The summed E-state index contributed by atoms with van der Waals surface area (Å²) in [6.07, 6.45) is 5.79. The zero-order chi connectivity index (χ0) is 14.1. The van der Waals surface area contributed by atoms with Gasteiger partial charge in [0.15, 0.2) is 11.5 Å². The monoisotopic (exact) mass is 275 g/mol. The first kappa shape index (κ1) is 13.3. The first-order valence-electron chi connectivity index (χ1n) is 7.32. The van der Waals surface area contributed by atoms with E-state index >= 15 is 0 Å². The van der Waals surface area contributed by atoms with Gasteiger partial charge in [-0.05, 0) is 49.1 Å². The van der Waals surface area contributed by atoms with Crippen LogP contribution in [0.25, 0.3) is 0 Å². The third-order valence-corrected chi connectivity index (χ3v) is 4.79. The van der Waals surface area contributed by atoms with Gasteiger partial charge in [-0.15, -0.1) is 0 Å². The van der Waals surface area contributed by atoms with Crippen LogP contribution in [0.3, 0.4) is 0 Å². The summed E-state index contributed by atoms with van der Waals surface area (Å²) >= 11 is 0. The Morgan fingerprint density at radius 2 is 2.25 bits per heavy atom. The highest BCUT2D eigenvalue weighted by Crippen LogP contribution is 2.49. The van der Waals surface area contributed by atoms with Crippen molar-refractivity contribution < 1.29 is 14.6 Å². The highest BCUT2D eigenvalue weighted by Gasteiger charge is 2.40. The maximum atomic E-state index is 12.1. The molecule has 1 aromatic rings. The SMILES string of the molecule is COc1ccc(NC(=O)C[C@@H]2C[C@H]3CC[C@@H]2C3)cc1O. The van der Waals surface area contributed by atoms with Gasteiger partial charge >= 0.3 is 0 Å². The van der Waals surface area contributed by atoms with Crippen LogP contribution in [-0.4, -0.2) is 18.1 Å². The fourth-order valence-electron chi connectivity index (χ4n) is 3.84. The largest absolute Gasteiger partial charge is 0.504 e. The summed E-state index contributed by atoms with van der Waals surface area (Å²) in [5.41, 5.74) is 0.622. The molecule has 0 aromatic heterocycles. The Morgan fingerprint density at radius 3 is 2.85 bits per heavy atom. The topological polar surface area (TPSA) is 58.6 Å². The third-order valence-electron chi connectivity index (χ3n) is 4.79. The van der Waals surface area contributed by atoms with E-state index < -0.39 is 0 Å². The van der Waals surface area contributed by atoms with Crippen molar-refractivity contribution in [1.29, 1.82) is 0 Å². The van der Waals surface area contributed by atoms with Gasteiger partial charge in [-0.25, -0.2) is 0 Å². The number of phenols is 1. The first-order valence-corrected chi connectivity index (χ1v) is 7.32. The Labute approximate surface area is 119 Å². The van der Waals surface area contributed by atoms with Gasteiger partial charge in [0.2, 0.25) is 5.91 Å². The number of phenolic OH excluding ortho intramolecular Hbond substituents is 1. The number of aromatic hydroxyl groups is 1. The summed E-state index contributed by atoms with van der Waals surface area (Å²) in [6, 6.07) is 4.93. The van der Waals surface area contributed by atoms with Crippen LogP contribution in [0.15, 0.2) is 18.2 Å². The van der Waals surface area contributed by atoms with Crippen molar-refractivity contribution in [3.05, 3.63) is 18.2 Å². The number of fused-ring (bicyclic) bond motifs is 2. The molecule has 3 atom stereocenters. The number of carbonyl (C=O) groups is 1. The molecule has 1 aromatic carbocycles. The zero-order valence-corrected chi connectivity index (χ0v) is 11.8. The van der Waals surface area contributed by atoms with Gasteiger partial charge in [0.25, 0.3) is 0 Å². The van der Waals surface area contributed by atoms with Crippen LogP contribution in [0, 0.1) is 17.8 Å². The minimum atomic E-state index is 0.0465. The molecule has 108 valence electrons. The molecule has 0 saturated heterocycles. The fraction of sp³-hybridized carbons (Fsp3) is 0.562. The van der Waals surface area contributed by atoms with Crippen LogP contribution >= 0.6 is 0 Å². The average molecular weight is 275 g/mol. The summed E-state index contributed by atoms with van der Waals surface area (Å²) in [7, 11) is 1.50. The Bertz CT molecular complexity index is 514. The van der Waals surface area contributed by atoms with Gasteiger partial charge in [0.05, 0.1) is 7.11 Å². The Hall–Kier alpha value is -1.71. The first-order chi connectivity index (χ1) is 9.65. The Morgan fingerprint density at radius 1 is 1.40 bits per heavy atom. The molecule has 0 aliphatic heterocycles. The third kappa shape index (κ3) is 2.60. The average Bonchev–Trinajstić information content (AvgIpc) is 3.01. The number of hydrogen-bond acceptors (Lipinski definition) is 3. The van der Waals surface area contributed by atoms with Gasteiger partial charge in [-0.1, -0.05) is 6.42 Å². The van der Waals surface area contributed by atoms with Gasteiger partial charge in [0, 0.05) is 18.2 Å². The second-order valence-electron chi connectivity index (χ2n) is 6.07. The number of methoxy groups -OCH3 is 1. The van der Waals surface area contributed by atoms with Crippen LogP contribution in [0.5, 0.6) is 11.5 Å². The molecule has 2 aliphatic rings. The lowest BCUT2D eigenvalue weighted by molar-refractivity contribution is -0.117. The molecular formula is C16H21NO3. The van der Waals surface area contributed by atoms with Crippen LogP contribution in [-0.2, 0) is 4.79 Å². The number of benzene rings is 1. The highest BCUT2D eigenvalue weighted by molar-refractivity contribution is 5.91.